The molecule has 1 heterocycles. The second-order valence-electron chi connectivity index (χ2n) is 4.96. The van der Waals surface area contributed by atoms with Crippen LogP contribution >= 0.6 is 24.0 Å². The van der Waals surface area contributed by atoms with Crippen LogP contribution in [0.4, 0.5) is 0 Å². The van der Waals surface area contributed by atoms with Gasteiger partial charge in [-0.05, 0) is 23.6 Å². The molecule has 0 unspecified atom stereocenters. The molecule has 0 aliphatic rings. The SMILES string of the molecule is CC(C)CNC(N)=NCc1ccnc2ccccc12.I. The van der Waals surface area contributed by atoms with E-state index in [-0.39, 0.29) is 24.0 Å². The third-order valence-electron chi connectivity index (χ3n) is 2.85. The minimum atomic E-state index is 0. The zero-order valence-electron chi connectivity index (χ0n) is 11.8. The molecule has 0 spiro atoms. The number of para-hydroxylation sites is 1. The summed E-state index contributed by atoms with van der Waals surface area (Å²) in [7, 11) is 0. The monoisotopic (exact) mass is 384 g/mol. The second kappa shape index (κ2) is 8.04. The lowest BCUT2D eigenvalue weighted by atomic mass is 10.1. The first-order chi connectivity index (χ1) is 9.16. The summed E-state index contributed by atoms with van der Waals surface area (Å²) in [6.45, 7) is 5.68. The maximum atomic E-state index is 5.84. The summed E-state index contributed by atoms with van der Waals surface area (Å²) in [5.41, 5.74) is 7.97. The summed E-state index contributed by atoms with van der Waals surface area (Å²) < 4.78 is 0. The molecule has 5 heteroatoms. The molecular weight excluding hydrogens is 363 g/mol. The number of hydrogen-bond donors (Lipinski definition) is 2. The molecule has 0 atom stereocenters. The summed E-state index contributed by atoms with van der Waals surface area (Å²) in [4.78, 5) is 8.71. The molecule has 4 nitrogen and oxygen atoms in total. The maximum Gasteiger partial charge on any atom is 0.188 e. The number of guanidine groups is 1. The van der Waals surface area contributed by atoms with E-state index in [1.807, 2.05) is 30.5 Å². The van der Waals surface area contributed by atoms with E-state index < -0.39 is 0 Å². The van der Waals surface area contributed by atoms with E-state index in [1.54, 1.807) is 0 Å². The van der Waals surface area contributed by atoms with E-state index in [9.17, 15) is 0 Å². The number of nitrogens with two attached hydrogens (primary N) is 1. The van der Waals surface area contributed by atoms with Crippen LogP contribution in [0.2, 0.25) is 0 Å². The van der Waals surface area contributed by atoms with Gasteiger partial charge in [-0.15, -0.1) is 24.0 Å². The molecule has 3 N–H and O–H groups in total. The van der Waals surface area contributed by atoms with Gasteiger partial charge in [0.05, 0.1) is 12.1 Å². The predicted octanol–water partition coefficient (Wildman–Crippen LogP) is 2.91. The van der Waals surface area contributed by atoms with Crippen molar-refractivity contribution in [3.8, 4) is 0 Å². The fourth-order valence-electron chi connectivity index (χ4n) is 1.83. The van der Waals surface area contributed by atoms with Crippen LogP contribution in [0, 0.1) is 5.92 Å². The lowest BCUT2D eigenvalue weighted by Crippen LogP contribution is -2.34. The topological polar surface area (TPSA) is 63.3 Å². The van der Waals surface area contributed by atoms with Crippen molar-refractivity contribution in [1.82, 2.24) is 10.3 Å². The lowest BCUT2D eigenvalue weighted by Gasteiger charge is -2.08. The number of hydrogen-bond acceptors (Lipinski definition) is 2. The van der Waals surface area contributed by atoms with Gasteiger partial charge in [0.2, 0.25) is 0 Å². The second-order valence-corrected chi connectivity index (χ2v) is 4.96. The summed E-state index contributed by atoms with van der Waals surface area (Å²) in [6, 6.07) is 10.0. The van der Waals surface area contributed by atoms with Gasteiger partial charge in [0.1, 0.15) is 0 Å². The Morgan fingerprint density at radius 1 is 1.30 bits per heavy atom. The Bertz CT molecular complexity index is 576. The first kappa shape index (κ1) is 16.7. The van der Waals surface area contributed by atoms with Crippen molar-refractivity contribution < 1.29 is 0 Å². The molecule has 0 saturated heterocycles. The van der Waals surface area contributed by atoms with E-state index in [0.717, 1.165) is 23.0 Å². The molecule has 1 aromatic carbocycles. The van der Waals surface area contributed by atoms with Crippen LogP contribution in [0.15, 0.2) is 41.5 Å². The minimum Gasteiger partial charge on any atom is -0.370 e. The van der Waals surface area contributed by atoms with Crippen molar-refractivity contribution in [1.29, 1.82) is 0 Å². The highest BCUT2D eigenvalue weighted by molar-refractivity contribution is 14.0. The molecule has 0 aliphatic heterocycles. The number of nitrogens with one attached hydrogen (secondary N) is 1. The Morgan fingerprint density at radius 2 is 2.05 bits per heavy atom. The fraction of sp³-hybridized carbons (Fsp3) is 0.333. The van der Waals surface area contributed by atoms with Crippen molar-refractivity contribution in [2.75, 3.05) is 6.54 Å². The van der Waals surface area contributed by atoms with Gasteiger partial charge in [0.15, 0.2) is 5.96 Å². The third-order valence-corrected chi connectivity index (χ3v) is 2.85. The average molecular weight is 384 g/mol. The van der Waals surface area contributed by atoms with E-state index in [2.05, 4.69) is 35.2 Å². The molecule has 20 heavy (non-hydrogen) atoms. The van der Waals surface area contributed by atoms with Gasteiger partial charge in [-0.1, -0.05) is 32.0 Å². The Morgan fingerprint density at radius 3 is 2.80 bits per heavy atom. The fourth-order valence-corrected chi connectivity index (χ4v) is 1.83. The Labute approximate surface area is 136 Å². The number of pyridine rings is 1. The van der Waals surface area contributed by atoms with Crippen LogP contribution < -0.4 is 11.1 Å². The number of rotatable bonds is 4. The van der Waals surface area contributed by atoms with Gasteiger partial charge in [-0.25, -0.2) is 4.99 Å². The average Bonchev–Trinajstić information content (AvgIpc) is 2.42. The maximum absolute atomic E-state index is 5.84. The third kappa shape index (κ3) is 4.63. The Hall–Kier alpha value is -1.37. The number of aromatic nitrogens is 1. The summed E-state index contributed by atoms with van der Waals surface area (Å²) in [6.07, 6.45) is 1.81. The number of aliphatic imine (C=N–C) groups is 1. The van der Waals surface area contributed by atoms with Crippen LogP contribution in [-0.4, -0.2) is 17.5 Å². The molecule has 108 valence electrons. The van der Waals surface area contributed by atoms with E-state index in [4.69, 9.17) is 5.73 Å². The molecule has 0 fully saturated rings. The number of nitrogens with zero attached hydrogens (tertiary/aromatic N) is 2. The molecule has 0 aliphatic carbocycles. The van der Waals surface area contributed by atoms with Gasteiger partial charge in [0.25, 0.3) is 0 Å². The molecule has 2 aromatic rings. The summed E-state index contributed by atoms with van der Waals surface area (Å²) in [5, 5.41) is 4.24. The quantitative estimate of drug-likeness (QED) is 0.484. The van der Waals surface area contributed by atoms with Gasteiger partial charge in [-0.3, -0.25) is 4.98 Å². The molecule has 2 rings (SSSR count). The molecule has 0 saturated carbocycles. The molecule has 0 amide bonds. The minimum absolute atomic E-state index is 0. The van der Waals surface area contributed by atoms with Crippen LogP contribution in [0.25, 0.3) is 10.9 Å². The molecule has 1 aromatic heterocycles. The van der Waals surface area contributed by atoms with Crippen LogP contribution in [0.3, 0.4) is 0 Å². The van der Waals surface area contributed by atoms with Crippen LogP contribution in [-0.2, 0) is 6.54 Å². The molecule has 0 radical (unpaired) electrons. The standard InChI is InChI=1S/C15H20N4.HI/c1-11(2)9-18-15(16)19-10-12-7-8-17-14-6-4-3-5-13(12)14;/h3-8,11H,9-10H2,1-2H3,(H3,16,18,19);1H. The van der Waals surface area contributed by atoms with Gasteiger partial charge < -0.3 is 11.1 Å². The summed E-state index contributed by atoms with van der Waals surface area (Å²) in [5.74, 6) is 1.05. The van der Waals surface area contributed by atoms with E-state index >= 15 is 0 Å². The highest BCUT2D eigenvalue weighted by atomic mass is 127. The largest absolute Gasteiger partial charge is 0.370 e. The zero-order valence-corrected chi connectivity index (χ0v) is 14.2. The summed E-state index contributed by atoms with van der Waals surface area (Å²) >= 11 is 0. The van der Waals surface area contributed by atoms with Gasteiger partial charge in [0, 0.05) is 18.1 Å². The highest BCUT2D eigenvalue weighted by Crippen LogP contribution is 2.16. The van der Waals surface area contributed by atoms with E-state index in [1.165, 1.54) is 0 Å². The molecular formula is C15H21IN4. The number of halogens is 1. The normalized spacial score (nSPS) is 11.4. The van der Waals surface area contributed by atoms with Crippen molar-refractivity contribution >= 4 is 40.8 Å². The van der Waals surface area contributed by atoms with Crippen molar-refractivity contribution in [2.45, 2.75) is 20.4 Å². The van der Waals surface area contributed by atoms with Crippen molar-refractivity contribution in [3.63, 3.8) is 0 Å². The van der Waals surface area contributed by atoms with Crippen molar-refractivity contribution in [2.24, 2.45) is 16.6 Å². The smallest absolute Gasteiger partial charge is 0.188 e. The number of fused-ring (bicyclic) bond motifs is 1. The van der Waals surface area contributed by atoms with Crippen LogP contribution in [0.5, 0.6) is 0 Å². The predicted molar refractivity (Wildman–Crippen MR) is 95.3 cm³/mol. The Balaban J connectivity index is 0.00000200. The lowest BCUT2D eigenvalue weighted by molar-refractivity contribution is 0.622. The molecule has 0 bridgehead atoms. The van der Waals surface area contributed by atoms with Gasteiger partial charge >= 0.3 is 0 Å². The van der Waals surface area contributed by atoms with Gasteiger partial charge in [-0.2, -0.15) is 0 Å². The first-order valence-electron chi connectivity index (χ1n) is 6.53. The Kier molecular flexibility index (Phi) is 6.70. The highest BCUT2D eigenvalue weighted by Gasteiger charge is 2.01. The zero-order chi connectivity index (χ0) is 13.7. The van der Waals surface area contributed by atoms with Crippen LogP contribution in [0.1, 0.15) is 19.4 Å². The van der Waals surface area contributed by atoms with E-state index in [0.29, 0.717) is 18.4 Å². The number of benzene rings is 1. The van der Waals surface area contributed by atoms with Crippen molar-refractivity contribution in [3.05, 3.63) is 42.1 Å². The first-order valence-corrected chi connectivity index (χ1v) is 6.53.